The molecule has 1 aromatic rings. The van der Waals surface area contributed by atoms with Gasteiger partial charge in [0.2, 0.25) is 0 Å². The first kappa shape index (κ1) is 12.6. The van der Waals surface area contributed by atoms with Crippen molar-refractivity contribution in [1.82, 2.24) is 9.55 Å². The van der Waals surface area contributed by atoms with Gasteiger partial charge >= 0.3 is 5.97 Å². The van der Waals surface area contributed by atoms with Gasteiger partial charge in [-0.2, -0.15) is 0 Å². The molecule has 0 radical (unpaired) electrons. The molecule has 2 rings (SSSR count). The minimum absolute atomic E-state index is 0.234. The van der Waals surface area contributed by atoms with Crippen molar-refractivity contribution in [3.63, 3.8) is 0 Å². The summed E-state index contributed by atoms with van der Waals surface area (Å²) >= 11 is 3.36. The third-order valence-corrected chi connectivity index (χ3v) is 3.89. The maximum atomic E-state index is 11.4. The molecule has 0 spiro atoms. The van der Waals surface area contributed by atoms with Crippen molar-refractivity contribution in [2.75, 3.05) is 7.11 Å². The highest BCUT2D eigenvalue weighted by molar-refractivity contribution is 9.10. The average molecular weight is 301 g/mol. The van der Waals surface area contributed by atoms with Gasteiger partial charge in [0.25, 0.3) is 0 Å². The van der Waals surface area contributed by atoms with Crippen LogP contribution < -0.4 is 0 Å². The zero-order chi connectivity index (χ0) is 12.4. The predicted molar refractivity (Wildman–Crippen MR) is 68.3 cm³/mol. The van der Waals surface area contributed by atoms with E-state index in [0.717, 1.165) is 18.7 Å². The second kappa shape index (κ2) is 5.21. The van der Waals surface area contributed by atoms with Gasteiger partial charge in [-0.1, -0.05) is 15.9 Å². The highest BCUT2D eigenvalue weighted by Crippen LogP contribution is 2.23. The number of halogens is 1. The minimum Gasteiger partial charge on any atom is -0.468 e. The van der Waals surface area contributed by atoms with Crippen molar-refractivity contribution in [3.8, 4) is 0 Å². The quantitative estimate of drug-likeness (QED) is 0.633. The number of rotatable bonds is 3. The molecular formula is C12H17BrN2O2. The SMILES string of the molecule is COC(=O)C(Br)Cn1c(C)nc2c1CCCC2. The fraction of sp³-hybridized carbons (Fsp3) is 0.667. The fourth-order valence-corrected chi connectivity index (χ4v) is 2.82. The molecule has 1 unspecified atom stereocenters. The Balaban J connectivity index is 2.20. The van der Waals surface area contributed by atoms with E-state index in [2.05, 4.69) is 25.5 Å². The van der Waals surface area contributed by atoms with E-state index >= 15 is 0 Å². The number of nitrogens with zero attached hydrogens (tertiary/aromatic N) is 2. The summed E-state index contributed by atoms with van der Waals surface area (Å²) in [4.78, 5) is 15.7. The number of esters is 1. The first-order valence-corrected chi connectivity index (χ1v) is 6.82. The summed E-state index contributed by atoms with van der Waals surface area (Å²) < 4.78 is 6.87. The van der Waals surface area contributed by atoms with Crippen molar-refractivity contribution < 1.29 is 9.53 Å². The van der Waals surface area contributed by atoms with Crippen LogP contribution in [0.15, 0.2) is 0 Å². The maximum absolute atomic E-state index is 11.4. The van der Waals surface area contributed by atoms with E-state index in [9.17, 15) is 4.79 Å². The lowest BCUT2D eigenvalue weighted by Crippen LogP contribution is -2.23. The average Bonchev–Trinajstić information content (AvgIpc) is 2.65. The molecule has 0 N–H and O–H groups in total. The van der Waals surface area contributed by atoms with Crippen LogP contribution in [-0.2, 0) is 28.9 Å². The number of fused-ring (bicyclic) bond motifs is 1. The van der Waals surface area contributed by atoms with Crippen LogP contribution in [0.25, 0.3) is 0 Å². The standard InChI is InChI=1S/C12H17BrN2O2/c1-8-14-10-5-3-4-6-11(10)15(8)7-9(13)12(16)17-2/h9H,3-7H2,1-2H3. The highest BCUT2D eigenvalue weighted by Gasteiger charge is 2.22. The highest BCUT2D eigenvalue weighted by atomic mass is 79.9. The number of aryl methyl sites for hydroxylation is 2. The van der Waals surface area contributed by atoms with Crippen LogP contribution in [-0.4, -0.2) is 27.5 Å². The Hall–Kier alpha value is -0.840. The Morgan fingerprint density at radius 3 is 2.94 bits per heavy atom. The number of carbonyl (C=O) groups excluding carboxylic acids is 1. The summed E-state index contributed by atoms with van der Waals surface area (Å²) in [6.07, 6.45) is 4.56. The Kier molecular flexibility index (Phi) is 3.86. The van der Waals surface area contributed by atoms with Crippen LogP contribution in [0.4, 0.5) is 0 Å². The number of alkyl halides is 1. The number of hydrogen-bond donors (Lipinski definition) is 0. The lowest BCUT2D eigenvalue weighted by molar-refractivity contribution is -0.140. The van der Waals surface area contributed by atoms with Crippen LogP contribution in [0.3, 0.4) is 0 Å². The number of ether oxygens (including phenoxy) is 1. The summed E-state index contributed by atoms with van der Waals surface area (Å²) in [6.45, 7) is 2.59. The Morgan fingerprint density at radius 2 is 2.24 bits per heavy atom. The molecule has 0 saturated heterocycles. The molecule has 1 heterocycles. The topological polar surface area (TPSA) is 44.1 Å². The Morgan fingerprint density at radius 1 is 1.53 bits per heavy atom. The van der Waals surface area contributed by atoms with Gasteiger partial charge in [-0.15, -0.1) is 0 Å². The summed E-state index contributed by atoms with van der Waals surface area (Å²) in [7, 11) is 1.41. The van der Waals surface area contributed by atoms with Crippen LogP contribution in [0.1, 0.15) is 30.1 Å². The lowest BCUT2D eigenvalue weighted by atomic mass is 10.0. The molecule has 0 aliphatic heterocycles. The molecule has 1 aliphatic carbocycles. The van der Waals surface area contributed by atoms with Gasteiger partial charge in [0.05, 0.1) is 12.8 Å². The summed E-state index contributed by atoms with van der Waals surface area (Å²) in [5.41, 5.74) is 2.50. The second-order valence-corrected chi connectivity index (χ2v) is 5.47. The Bertz CT molecular complexity index is 428. The smallest absolute Gasteiger partial charge is 0.321 e. The van der Waals surface area contributed by atoms with E-state index in [1.54, 1.807) is 0 Å². The molecule has 0 fully saturated rings. The maximum Gasteiger partial charge on any atom is 0.321 e. The number of aromatic nitrogens is 2. The minimum atomic E-state index is -0.300. The first-order valence-electron chi connectivity index (χ1n) is 5.90. The van der Waals surface area contributed by atoms with Gasteiger partial charge in [-0.05, 0) is 32.6 Å². The third kappa shape index (κ3) is 2.54. The van der Waals surface area contributed by atoms with E-state index in [4.69, 9.17) is 4.74 Å². The zero-order valence-corrected chi connectivity index (χ0v) is 11.8. The van der Waals surface area contributed by atoms with Crippen LogP contribution in [0, 0.1) is 6.92 Å². The molecule has 0 amide bonds. The molecule has 4 nitrogen and oxygen atoms in total. The number of hydrogen-bond acceptors (Lipinski definition) is 3. The van der Waals surface area contributed by atoms with Gasteiger partial charge in [-0.3, -0.25) is 4.79 Å². The van der Waals surface area contributed by atoms with Crippen molar-refractivity contribution in [3.05, 3.63) is 17.2 Å². The molecule has 0 saturated carbocycles. The van der Waals surface area contributed by atoms with Gasteiger partial charge < -0.3 is 9.30 Å². The van der Waals surface area contributed by atoms with E-state index in [1.165, 1.54) is 31.3 Å². The largest absolute Gasteiger partial charge is 0.468 e. The van der Waals surface area contributed by atoms with Crippen molar-refractivity contribution in [1.29, 1.82) is 0 Å². The van der Waals surface area contributed by atoms with E-state index in [1.807, 2.05) is 6.92 Å². The van der Waals surface area contributed by atoms with Gasteiger partial charge in [0, 0.05) is 12.2 Å². The number of methoxy groups -OCH3 is 1. The summed E-state index contributed by atoms with van der Waals surface area (Å²) in [6, 6.07) is 0. The third-order valence-electron chi connectivity index (χ3n) is 3.22. The molecule has 1 atom stereocenters. The molecular weight excluding hydrogens is 284 g/mol. The van der Waals surface area contributed by atoms with E-state index in [-0.39, 0.29) is 10.8 Å². The van der Waals surface area contributed by atoms with Crippen molar-refractivity contribution >= 4 is 21.9 Å². The Labute approximate surface area is 109 Å². The fourth-order valence-electron chi connectivity index (χ4n) is 2.34. The normalized spacial score (nSPS) is 16.4. The molecule has 0 bridgehead atoms. The molecule has 5 heteroatoms. The van der Waals surface area contributed by atoms with Gasteiger partial charge in [0.1, 0.15) is 10.7 Å². The summed E-state index contributed by atoms with van der Waals surface area (Å²) in [5, 5.41) is 0. The molecule has 17 heavy (non-hydrogen) atoms. The molecule has 1 aliphatic rings. The number of imidazole rings is 1. The molecule has 0 aromatic carbocycles. The van der Waals surface area contributed by atoms with Crippen molar-refractivity contribution in [2.45, 2.75) is 44.0 Å². The lowest BCUT2D eigenvalue weighted by Gasteiger charge is -2.16. The van der Waals surface area contributed by atoms with Crippen molar-refractivity contribution in [2.24, 2.45) is 0 Å². The van der Waals surface area contributed by atoms with Gasteiger partial charge in [0.15, 0.2) is 0 Å². The number of carbonyl (C=O) groups is 1. The van der Waals surface area contributed by atoms with Gasteiger partial charge in [-0.25, -0.2) is 4.98 Å². The zero-order valence-electron chi connectivity index (χ0n) is 10.2. The molecule has 94 valence electrons. The van der Waals surface area contributed by atoms with Crippen LogP contribution in [0.5, 0.6) is 0 Å². The molecule has 1 aromatic heterocycles. The van der Waals surface area contributed by atoms with E-state index in [0.29, 0.717) is 6.54 Å². The second-order valence-electron chi connectivity index (χ2n) is 4.36. The first-order chi connectivity index (χ1) is 8.13. The summed E-state index contributed by atoms with van der Waals surface area (Å²) in [5.74, 6) is 0.757. The monoisotopic (exact) mass is 300 g/mol. The predicted octanol–water partition coefficient (Wildman–Crippen LogP) is 2.01. The van der Waals surface area contributed by atoms with Crippen LogP contribution >= 0.6 is 15.9 Å². The van der Waals surface area contributed by atoms with Crippen LogP contribution in [0.2, 0.25) is 0 Å². The van der Waals surface area contributed by atoms with E-state index < -0.39 is 0 Å².